The molecule has 0 bridgehead atoms. The van der Waals surface area contributed by atoms with E-state index in [2.05, 4.69) is 10.3 Å². The van der Waals surface area contributed by atoms with Gasteiger partial charge < -0.3 is 10.1 Å². The molecule has 1 heterocycles. The number of amides is 1. The third-order valence-corrected chi connectivity index (χ3v) is 2.37. The molecule has 1 atom stereocenters. The fourth-order valence-electron chi connectivity index (χ4n) is 1.18. The van der Waals surface area contributed by atoms with Gasteiger partial charge in [-0.2, -0.15) is 0 Å². The summed E-state index contributed by atoms with van der Waals surface area (Å²) in [4.78, 5) is 15.5. The molecule has 6 heteroatoms. The smallest absolute Gasteiger partial charge is 0.253 e. The average molecular weight is 263 g/mol. The molecule has 0 aliphatic heterocycles. The topological polar surface area (TPSA) is 51.2 Å². The Kier molecular flexibility index (Phi) is 4.99. The van der Waals surface area contributed by atoms with E-state index in [4.69, 9.17) is 27.9 Å². The summed E-state index contributed by atoms with van der Waals surface area (Å²) in [5.41, 5.74) is 0.310. The number of halogens is 2. The number of aromatic nitrogens is 1. The quantitative estimate of drug-likeness (QED) is 0.847. The Morgan fingerprint density at radius 3 is 2.94 bits per heavy atom. The maximum Gasteiger partial charge on any atom is 0.253 e. The van der Waals surface area contributed by atoms with E-state index in [1.165, 1.54) is 12.3 Å². The molecule has 0 saturated carbocycles. The van der Waals surface area contributed by atoms with Crippen molar-refractivity contribution in [2.45, 2.75) is 13.0 Å². The Labute approximate surface area is 104 Å². The largest absolute Gasteiger partial charge is 0.383 e. The zero-order valence-corrected chi connectivity index (χ0v) is 10.5. The van der Waals surface area contributed by atoms with E-state index in [0.29, 0.717) is 12.2 Å². The molecule has 0 fully saturated rings. The van der Waals surface area contributed by atoms with Gasteiger partial charge in [-0.05, 0) is 13.0 Å². The van der Waals surface area contributed by atoms with Gasteiger partial charge in [0, 0.05) is 19.3 Å². The number of rotatable bonds is 4. The van der Waals surface area contributed by atoms with Crippen molar-refractivity contribution in [2.24, 2.45) is 0 Å². The first-order chi connectivity index (χ1) is 7.54. The summed E-state index contributed by atoms with van der Waals surface area (Å²) < 4.78 is 4.91. The maximum absolute atomic E-state index is 11.8. The molecule has 1 N–H and O–H groups in total. The predicted octanol–water partition coefficient (Wildman–Crippen LogP) is 2.15. The molecule has 1 aromatic heterocycles. The lowest BCUT2D eigenvalue weighted by Gasteiger charge is -2.13. The van der Waals surface area contributed by atoms with Crippen LogP contribution in [0.1, 0.15) is 17.3 Å². The van der Waals surface area contributed by atoms with Crippen molar-refractivity contribution in [3.05, 3.63) is 28.0 Å². The first kappa shape index (κ1) is 13.2. The molecular weight excluding hydrogens is 251 g/mol. The summed E-state index contributed by atoms with van der Waals surface area (Å²) >= 11 is 11.5. The number of methoxy groups -OCH3 is 1. The van der Waals surface area contributed by atoms with Crippen molar-refractivity contribution in [2.75, 3.05) is 13.7 Å². The predicted molar refractivity (Wildman–Crippen MR) is 63.1 cm³/mol. The number of hydrogen-bond donors (Lipinski definition) is 1. The van der Waals surface area contributed by atoms with Gasteiger partial charge in [-0.1, -0.05) is 23.2 Å². The summed E-state index contributed by atoms with van der Waals surface area (Å²) in [5.74, 6) is -0.293. The van der Waals surface area contributed by atoms with Crippen LogP contribution in [0, 0.1) is 0 Å². The summed E-state index contributed by atoms with van der Waals surface area (Å²) in [6.45, 7) is 2.26. The number of nitrogens with one attached hydrogen (secondary N) is 1. The van der Waals surface area contributed by atoms with E-state index in [1.54, 1.807) is 7.11 Å². The number of ether oxygens (including phenoxy) is 1. The molecule has 1 rings (SSSR count). The fraction of sp³-hybridized carbons (Fsp3) is 0.400. The highest BCUT2D eigenvalue weighted by molar-refractivity contribution is 6.35. The lowest BCUT2D eigenvalue weighted by Crippen LogP contribution is -2.35. The number of nitrogens with zero attached hydrogens (tertiary/aromatic N) is 1. The first-order valence-electron chi connectivity index (χ1n) is 4.65. The third-order valence-electron chi connectivity index (χ3n) is 1.86. The summed E-state index contributed by atoms with van der Waals surface area (Å²) in [6.07, 6.45) is 1.35. The minimum absolute atomic E-state index is 0.0968. The van der Waals surface area contributed by atoms with E-state index in [1.807, 2.05) is 6.92 Å². The molecule has 16 heavy (non-hydrogen) atoms. The van der Waals surface area contributed by atoms with Crippen LogP contribution in [0.4, 0.5) is 0 Å². The number of hydrogen-bond acceptors (Lipinski definition) is 3. The Balaban J connectivity index is 2.76. The van der Waals surface area contributed by atoms with Gasteiger partial charge in [0.05, 0.1) is 17.2 Å². The zero-order valence-electron chi connectivity index (χ0n) is 8.96. The Bertz CT molecular complexity index is 385. The van der Waals surface area contributed by atoms with E-state index in [0.717, 1.165) is 0 Å². The van der Waals surface area contributed by atoms with Crippen LogP contribution in [0.15, 0.2) is 12.3 Å². The minimum atomic E-state index is -0.293. The Morgan fingerprint density at radius 2 is 2.31 bits per heavy atom. The fourth-order valence-corrected chi connectivity index (χ4v) is 1.53. The first-order valence-corrected chi connectivity index (χ1v) is 5.41. The lowest BCUT2D eigenvalue weighted by molar-refractivity contribution is 0.0905. The summed E-state index contributed by atoms with van der Waals surface area (Å²) in [5, 5.41) is 3.23. The average Bonchev–Trinajstić information content (AvgIpc) is 2.21. The Hall–Kier alpha value is -0.840. The van der Waals surface area contributed by atoms with Crippen molar-refractivity contribution >= 4 is 29.1 Å². The van der Waals surface area contributed by atoms with Crippen LogP contribution in [0.25, 0.3) is 0 Å². The van der Waals surface area contributed by atoms with Crippen molar-refractivity contribution in [3.63, 3.8) is 0 Å². The second kappa shape index (κ2) is 6.03. The molecule has 1 amide bonds. The zero-order chi connectivity index (χ0) is 12.1. The number of carbonyl (C=O) groups excluding carboxylic acids is 1. The molecule has 88 valence electrons. The van der Waals surface area contributed by atoms with E-state index < -0.39 is 0 Å². The van der Waals surface area contributed by atoms with Crippen LogP contribution in [0.3, 0.4) is 0 Å². The summed E-state index contributed by atoms with van der Waals surface area (Å²) in [7, 11) is 1.57. The highest BCUT2D eigenvalue weighted by Gasteiger charge is 2.13. The van der Waals surface area contributed by atoms with Crippen LogP contribution >= 0.6 is 23.2 Å². The van der Waals surface area contributed by atoms with E-state index in [9.17, 15) is 4.79 Å². The van der Waals surface area contributed by atoms with Gasteiger partial charge in [0.2, 0.25) is 0 Å². The number of carbonyl (C=O) groups is 1. The SMILES string of the molecule is COCC(C)NC(=O)c1cc(Cl)ncc1Cl. The molecular formula is C10H12Cl2N2O2. The molecule has 0 saturated heterocycles. The van der Waals surface area contributed by atoms with E-state index >= 15 is 0 Å². The van der Waals surface area contributed by atoms with Crippen LogP contribution in [0.5, 0.6) is 0 Å². The van der Waals surface area contributed by atoms with Crippen LogP contribution in [-0.2, 0) is 4.74 Å². The van der Waals surface area contributed by atoms with Crippen LogP contribution in [0.2, 0.25) is 10.2 Å². The minimum Gasteiger partial charge on any atom is -0.383 e. The van der Waals surface area contributed by atoms with Gasteiger partial charge in [0.1, 0.15) is 5.15 Å². The van der Waals surface area contributed by atoms with Gasteiger partial charge in [-0.25, -0.2) is 4.98 Å². The molecule has 0 spiro atoms. The normalized spacial score (nSPS) is 12.2. The molecule has 1 aromatic rings. The van der Waals surface area contributed by atoms with Gasteiger partial charge in [-0.15, -0.1) is 0 Å². The molecule has 0 aliphatic rings. The summed E-state index contributed by atoms with van der Waals surface area (Å²) in [6, 6.07) is 1.33. The van der Waals surface area contributed by atoms with E-state index in [-0.39, 0.29) is 22.1 Å². The molecule has 0 aliphatic carbocycles. The highest BCUT2D eigenvalue weighted by atomic mass is 35.5. The van der Waals surface area contributed by atoms with Gasteiger partial charge in [0.15, 0.2) is 0 Å². The van der Waals surface area contributed by atoms with Crippen molar-refractivity contribution < 1.29 is 9.53 Å². The maximum atomic E-state index is 11.8. The highest BCUT2D eigenvalue weighted by Crippen LogP contribution is 2.17. The van der Waals surface area contributed by atoms with Crippen molar-refractivity contribution in [1.82, 2.24) is 10.3 Å². The monoisotopic (exact) mass is 262 g/mol. The standard InChI is InChI=1S/C10H12Cl2N2O2/c1-6(5-16-2)14-10(15)7-3-9(12)13-4-8(7)11/h3-4,6H,5H2,1-2H3,(H,14,15). The second-order valence-electron chi connectivity index (χ2n) is 3.32. The third kappa shape index (κ3) is 3.63. The number of pyridine rings is 1. The van der Waals surface area contributed by atoms with Crippen molar-refractivity contribution in [3.8, 4) is 0 Å². The van der Waals surface area contributed by atoms with Crippen molar-refractivity contribution in [1.29, 1.82) is 0 Å². The van der Waals surface area contributed by atoms with Crippen LogP contribution in [-0.4, -0.2) is 30.6 Å². The van der Waals surface area contributed by atoms with Gasteiger partial charge in [-0.3, -0.25) is 4.79 Å². The van der Waals surface area contributed by atoms with Gasteiger partial charge >= 0.3 is 0 Å². The Morgan fingerprint density at radius 1 is 1.62 bits per heavy atom. The lowest BCUT2D eigenvalue weighted by atomic mass is 10.2. The van der Waals surface area contributed by atoms with Crippen LogP contribution < -0.4 is 5.32 Å². The molecule has 1 unspecified atom stereocenters. The molecule has 0 aromatic carbocycles. The molecule has 4 nitrogen and oxygen atoms in total. The van der Waals surface area contributed by atoms with Gasteiger partial charge in [0.25, 0.3) is 5.91 Å². The molecule has 0 radical (unpaired) electrons. The second-order valence-corrected chi connectivity index (χ2v) is 4.11.